The zero-order valence-corrected chi connectivity index (χ0v) is 20.2. The van der Waals surface area contributed by atoms with Crippen molar-refractivity contribution in [3.63, 3.8) is 0 Å². The Kier molecular flexibility index (Phi) is 6.96. The van der Waals surface area contributed by atoms with Gasteiger partial charge in [-0.2, -0.15) is 4.98 Å². The van der Waals surface area contributed by atoms with E-state index in [-0.39, 0.29) is 12.6 Å². The lowest BCUT2D eigenvalue weighted by atomic mass is 10.0. The quantitative estimate of drug-likeness (QED) is 0.246. The largest absolute Gasteiger partial charge is 0.383 e. The van der Waals surface area contributed by atoms with Crippen LogP contribution in [-0.2, 0) is 4.79 Å². The Morgan fingerprint density at radius 1 is 1.05 bits per heavy atom. The minimum atomic E-state index is -0.309. The lowest BCUT2D eigenvalue weighted by Gasteiger charge is -2.39. The molecule has 0 spiro atoms. The molecule has 1 fully saturated rings. The minimum absolute atomic E-state index is 0.277. The van der Waals surface area contributed by atoms with E-state index in [9.17, 15) is 9.18 Å². The summed E-state index contributed by atoms with van der Waals surface area (Å²) in [6.07, 6.45) is 1.23. The fraction of sp³-hybridized carbons (Fsp3) is 0.179. The summed E-state index contributed by atoms with van der Waals surface area (Å²) in [5, 5.41) is 10.2. The first-order valence-corrected chi connectivity index (χ1v) is 12.0. The Morgan fingerprint density at radius 3 is 2.57 bits per heavy atom. The maximum absolute atomic E-state index is 12.4. The first kappa shape index (κ1) is 24.2. The number of hydrogen-bond acceptors (Lipinski definition) is 7. The molecule has 8 nitrogen and oxygen atoms in total. The monoisotopic (exact) mass is 497 g/mol. The number of benzene rings is 3. The van der Waals surface area contributed by atoms with Crippen molar-refractivity contribution in [3.8, 4) is 11.1 Å². The summed E-state index contributed by atoms with van der Waals surface area (Å²) in [6.45, 7) is 5.38. The number of halogens is 1. The summed E-state index contributed by atoms with van der Waals surface area (Å²) in [4.78, 5) is 23.1. The molecule has 188 valence electrons. The van der Waals surface area contributed by atoms with Gasteiger partial charge in [0.2, 0.25) is 11.9 Å². The Balaban J connectivity index is 1.36. The lowest BCUT2D eigenvalue weighted by Crippen LogP contribution is -2.55. The zero-order chi connectivity index (χ0) is 25.8. The van der Waals surface area contributed by atoms with Gasteiger partial charge in [0.15, 0.2) is 0 Å². The summed E-state index contributed by atoms with van der Waals surface area (Å²) in [7, 11) is 0. The molecule has 9 heteroatoms. The molecule has 0 radical (unpaired) electrons. The number of fused-ring (bicyclic) bond motifs is 1. The topological polar surface area (TPSA) is 108 Å². The van der Waals surface area contributed by atoms with Crippen molar-refractivity contribution in [1.29, 1.82) is 0 Å². The molecule has 1 aromatic heterocycles. The molecule has 0 saturated carbocycles. The van der Waals surface area contributed by atoms with E-state index in [1.807, 2.05) is 66.7 Å². The van der Waals surface area contributed by atoms with E-state index in [2.05, 4.69) is 32.4 Å². The Labute approximate surface area is 214 Å². The van der Waals surface area contributed by atoms with Gasteiger partial charge < -0.3 is 21.7 Å². The van der Waals surface area contributed by atoms with Crippen LogP contribution in [-0.4, -0.2) is 53.1 Å². The number of amides is 1. The highest BCUT2D eigenvalue weighted by Gasteiger charge is 2.25. The molecule has 1 saturated heterocycles. The van der Waals surface area contributed by atoms with Gasteiger partial charge in [-0.05, 0) is 54.1 Å². The van der Waals surface area contributed by atoms with Gasteiger partial charge in [-0.1, -0.05) is 30.8 Å². The normalized spacial score (nSPS) is 13.6. The smallest absolute Gasteiger partial charge is 0.247 e. The van der Waals surface area contributed by atoms with Crippen molar-refractivity contribution in [3.05, 3.63) is 79.4 Å². The highest BCUT2D eigenvalue weighted by Crippen LogP contribution is 2.32. The van der Waals surface area contributed by atoms with Crippen LogP contribution >= 0.6 is 0 Å². The van der Waals surface area contributed by atoms with Crippen LogP contribution in [0.25, 0.3) is 22.0 Å². The van der Waals surface area contributed by atoms with Crippen LogP contribution in [0.4, 0.5) is 33.2 Å². The third-order valence-electron chi connectivity index (χ3n) is 6.25. The third-order valence-corrected chi connectivity index (χ3v) is 6.25. The molecule has 2 heterocycles. The second-order valence-corrected chi connectivity index (χ2v) is 8.90. The van der Waals surface area contributed by atoms with Crippen molar-refractivity contribution in [2.24, 2.45) is 0 Å². The predicted octanol–water partition coefficient (Wildman–Crippen LogP) is 4.81. The van der Waals surface area contributed by atoms with Gasteiger partial charge in [-0.25, -0.2) is 9.37 Å². The number of rotatable bonds is 9. The average molecular weight is 498 g/mol. The van der Waals surface area contributed by atoms with E-state index < -0.39 is 0 Å². The number of nitrogens with zero attached hydrogens (tertiary/aromatic N) is 3. The molecule has 5 rings (SSSR count). The van der Waals surface area contributed by atoms with Crippen molar-refractivity contribution in [1.82, 2.24) is 14.9 Å². The molecule has 4 aromatic rings. The number of carbonyl (C=O) groups is 1. The Hall–Kier alpha value is -4.50. The number of aromatic nitrogens is 2. The molecule has 1 aliphatic rings. The molecular weight excluding hydrogens is 469 g/mol. The van der Waals surface area contributed by atoms with Gasteiger partial charge in [-0.15, -0.1) is 0 Å². The van der Waals surface area contributed by atoms with Crippen LogP contribution in [0.5, 0.6) is 0 Å². The third kappa shape index (κ3) is 5.52. The number of para-hydroxylation sites is 1. The highest BCUT2D eigenvalue weighted by atomic mass is 19.1. The maximum Gasteiger partial charge on any atom is 0.247 e. The van der Waals surface area contributed by atoms with Crippen LogP contribution in [0.2, 0.25) is 0 Å². The fourth-order valence-corrected chi connectivity index (χ4v) is 4.40. The molecule has 0 bridgehead atoms. The van der Waals surface area contributed by atoms with Crippen LogP contribution in [0.15, 0.2) is 79.4 Å². The molecule has 1 amide bonds. The number of nitrogens with two attached hydrogens (primary N) is 1. The standard InChI is InChI=1S/C28H28FN7O/c1-2-25(37)32-21-6-3-5-18(15-21)23-7-4-8-24-26(23)34-28(35-27(24)30)33-20-11-9-19(10-12-20)31-22-16-36(17-22)14-13-29/h2-12,15,22,31H,1,13-14,16-17H2,(H,32,37)(H3,30,33,34,35). The molecule has 5 N–H and O–H groups in total. The van der Waals surface area contributed by atoms with E-state index in [1.165, 1.54) is 6.08 Å². The van der Waals surface area contributed by atoms with Crippen molar-refractivity contribution in [2.45, 2.75) is 6.04 Å². The Morgan fingerprint density at radius 2 is 1.81 bits per heavy atom. The van der Waals surface area contributed by atoms with Crippen molar-refractivity contribution >= 4 is 45.6 Å². The van der Waals surface area contributed by atoms with Crippen LogP contribution in [0.1, 0.15) is 0 Å². The number of anilines is 5. The molecule has 0 unspecified atom stereocenters. The summed E-state index contributed by atoms with van der Waals surface area (Å²) in [5.41, 5.74) is 11.2. The first-order valence-electron chi connectivity index (χ1n) is 12.0. The number of nitrogens with one attached hydrogen (secondary N) is 3. The van der Waals surface area contributed by atoms with Gasteiger partial charge >= 0.3 is 0 Å². The van der Waals surface area contributed by atoms with Crippen molar-refractivity contribution < 1.29 is 9.18 Å². The second-order valence-electron chi connectivity index (χ2n) is 8.90. The molecule has 3 aromatic carbocycles. The fourth-order valence-electron chi connectivity index (χ4n) is 4.40. The molecule has 0 aliphatic carbocycles. The van der Waals surface area contributed by atoms with Gasteiger partial charge in [0.1, 0.15) is 12.5 Å². The van der Waals surface area contributed by atoms with Gasteiger partial charge in [0.05, 0.1) is 11.6 Å². The van der Waals surface area contributed by atoms with E-state index in [0.717, 1.165) is 41.0 Å². The Bertz CT molecular complexity index is 1430. The van der Waals surface area contributed by atoms with E-state index in [4.69, 9.17) is 10.7 Å². The van der Waals surface area contributed by atoms with Crippen LogP contribution < -0.4 is 21.7 Å². The number of hydrogen-bond donors (Lipinski definition) is 4. The van der Waals surface area contributed by atoms with Crippen LogP contribution in [0.3, 0.4) is 0 Å². The van der Waals surface area contributed by atoms with Gasteiger partial charge in [0.25, 0.3) is 0 Å². The van der Waals surface area contributed by atoms with Gasteiger partial charge in [0, 0.05) is 47.6 Å². The minimum Gasteiger partial charge on any atom is -0.383 e. The summed E-state index contributed by atoms with van der Waals surface area (Å²) >= 11 is 0. The molecule has 0 atom stereocenters. The molecule has 37 heavy (non-hydrogen) atoms. The van der Waals surface area contributed by atoms with E-state index in [1.54, 1.807) is 0 Å². The average Bonchev–Trinajstić information content (AvgIpc) is 2.88. The van der Waals surface area contributed by atoms with Crippen LogP contribution in [0, 0.1) is 0 Å². The molecular formula is C28H28FN7O. The highest BCUT2D eigenvalue weighted by molar-refractivity contribution is 6.01. The first-order chi connectivity index (χ1) is 18.0. The molecule has 1 aliphatic heterocycles. The van der Waals surface area contributed by atoms with E-state index >= 15 is 0 Å². The zero-order valence-electron chi connectivity index (χ0n) is 20.2. The van der Waals surface area contributed by atoms with E-state index in [0.29, 0.717) is 35.6 Å². The summed E-state index contributed by atoms with van der Waals surface area (Å²) in [6, 6.07) is 21.5. The van der Waals surface area contributed by atoms with Crippen molar-refractivity contribution in [2.75, 3.05) is 48.0 Å². The predicted molar refractivity (Wildman–Crippen MR) is 148 cm³/mol. The maximum atomic E-state index is 12.4. The second kappa shape index (κ2) is 10.6. The summed E-state index contributed by atoms with van der Waals surface area (Å²) in [5.74, 6) is 0.475. The number of carbonyl (C=O) groups excluding carboxylic acids is 1. The lowest BCUT2D eigenvalue weighted by molar-refractivity contribution is -0.111. The SMILES string of the molecule is C=CC(=O)Nc1cccc(-c2cccc3c(N)nc(Nc4ccc(NC5CN(CCF)C5)cc4)nc23)c1. The number of alkyl halides is 1. The van der Waals surface area contributed by atoms with Gasteiger partial charge in [-0.3, -0.25) is 9.69 Å². The summed E-state index contributed by atoms with van der Waals surface area (Å²) < 4.78 is 12.4. The number of likely N-dealkylation sites (tertiary alicyclic amines) is 1. The number of nitrogen functional groups attached to an aromatic ring is 1.